The highest BCUT2D eigenvalue weighted by molar-refractivity contribution is 6.30. The van der Waals surface area contributed by atoms with Gasteiger partial charge in [-0.25, -0.2) is 4.79 Å². The molecule has 2 heterocycles. The highest BCUT2D eigenvalue weighted by Crippen LogP contribution is 2.38. The van der Waals surface area contributed by atoms with E-state index in [4.69, 9.17) is 25.6 Å². The number of carbonyl (C=O) groups excluding carboxylic acids is 1. The monoisotopic (exact) mass is 482 g/mol. The molecule has 1 N–H and O–H groups in total. The summed E-state index contributed by atoms with van der Waals surface area (Å²) in [6.45, 7) is 5.56. The number of nitrogens with one attached hydrogen (secondary N) is 1. The third-order valence-corrected chi connectivity index (χ3v) is 5.89. The lowest BCUT2D eigenvalue weighted by Gasteiger charge is -2.35. The van der Waals surface area contributed by atoms with Crippen LogP contribution >= 0.6 is 11.6 Å². The van der Waals surface area contributed by atoms with Gasteiger partial charge >= 0.3 is 6.03 Å². The molecule has 0 saturated heterocycles. The van der Waals surface area contributed by atoms with Gasteiger partial charge in [-0.2, -0.15) is 4.98 Å². The van der Waals surface area contributed by atoms with Crippen molar-refractivity contribution in [3.63, 3.8) is 0 Å². The zero-order valence-corrected chi connectivity index (χ0v) is 20.1. The Morgan fingerprint density at radius 1 is 1.21 bits per heavy atom. The first-order valence-corrected chi connectivity index (χ1v) is 11.5. The van der Waals surface area contributed by atoms with E-state index in [2.05, 4.69) is 15.5 Å². The molecule has 0 aliphatic carbocycles. The van der Waals surface area contributed by atoms with E-state index in [9.17, 15) is 4.79 Å². The molecule has 2 aromatic carbocycles. The number of ether oxygens (including phenoxy) is 2. The van der Waals surface area contributed by atoms with E-state index in [-0.39, 0.29) is 6.03 Å². The molecule has 3 aromatic rings. The fraction of sp³-hybridized carbons (Fsp3) is 0.320. The molecule has 1 atom stereocenters. The second kappa shape index (κ2) is 10.7. The van der Waals surface area contributed by atoms with Crippen molar-refractivity contribution in [1.29, 1.82) is 0 Å². The lowest BCUT2D eigenvalue weighted by atomic mass is 9.94. The number of allylic oxidation sites excluding steroid dienone is 1. The van der Waals surface area contributed by atoms with Gasteiger partial charge in [0.25, 0.3) is 5.89 Å². The van der Waals surface area contributed by atoms with E-state index in [1.165, 1.54) is 0 Å². The number of halogens is 1. The summed E-state index contributed by atoms with van der Waals surface area (Å²) in [4.78, 5) is 19.4. The van der Waals surface area contributed by atoms with Crippen LogP contribution < -0.4 is 10.1 Å². The summed E-state index contributed by atoms with van der Waals surface area (Å²) in [5, 5.41) is 7.85. The number of carbonyl (C=O) groups is 1. The van der Waals surface area contributed by atoms with Crippen molar-refractivity contribution in [2.75, 3.05) is 26.9 Å². The second-order valence-electron chi connectivity index (χ2n) is 7.79. The molecule has 34 heavy (non-hydrogen) atoms. The van der Waals surface area contributed by atoms with E-state index in [0.717, 1.165) is 28.1 Å². The molecule has 4 rings (SSSR count). The quantitative estimate of drug-likeness (QED) is 0.415. The van der Waals surface area contributed by atoms with Crippen LogP contribution in [0.1, 0.15) is 37.8 Å². The number of methoxy groups -OCH3 is 1. The van der Waals surface area contributed by atoms with E-state index < -0.39 is 6.04 Å². The smallest absolute Gasteiger partial charge is 0.322 e. The van der Waals surface area contributed by atoms with Gasteiger partial charge in [0.05, 0.1) is 18.7 Å². The van der Waals surface area contributed by atoms with Crippen molar-refractivity contribution in [2.24, 2.45) is 0 Å². The van der Waals surface area contributed by atoms with Crippen LogP contribution in [0.25, 0.3) is 17.0 Å². The summed E-state index contributed by atoms with van der Waals surface area (Å²) < 4.78 is 16.4. The molecule has 2 amide bonds. The Hall–Kier alpha value is -3.36. The van der Waals surface area contributed by atoms with Gasteiger partial charge in [0.2, 0.25) is 5.82 Å². The number of urea groups is 1. The van der Waals surface area contributed by atoms with Crippen LogP contribution in [0.3, 0.4) is 0 Å². The maximum absolute atomic E-state index is 13.1. The summed E-state index contributed by atoms with van der Waals surface area (Å²) in [5.41, 5.74) is 3.11. The molecule has 1 unspecified atom stereocenters. The minimum absolute atomic E-state index is 0.187. The zero-order chi connectivity index (χ0) is 24.1. The van der Waals surface area contributed by atoms with Crippen molar-refractivity contribution in [1.82, 2.24) is 20.4 Å². The molecule has 178 valence electrons. The Kier molecular flexibility index (Phi) is 7.49. The van der Waals surface area contributed by atoms with Crippen LogP contribution in [0.2, 0.25) is 5.02 Å². The molecular weight excluding hydrogens is 456 g/mol. The van der Waals surface area contributed by atoms with Crippen molar-refractivity contribution in [3.8, 4) is 17.1 Å². The fourth-order valence-electron chi connectivity index (χ4n) is 3.92. The predicted molar refractivity (Wildman–Crippen MR) is 129 cm³/mol. The van der Waals surface area contributed by atoms with Gasteiger partial charge in [0.1, 0.15) is 5.75 Å². The summed E-state index contributed by atoms with van der Waals surface area (Å²) in [5.74, 6) is 1.49. The molecule has 0 bridgehead atoms. The summed E-state index contributed by atoms with van der Waals surface area (Å²) in [6, 6.07) is 14.2. The number of amides is 2. The van der Waals surface area contributed by atoms with Crippen LogP contribution in [-0.4, -0.2) is 47.9 Å². The van der Waals surface area contributed by atoms with E-state index in [0.29, 0.717) is 42.9 Å². The van der Waals surface area contributed by atoms with Gasteiger partial charge in [-0.05, 0) is 50.1 Å². The topological polar surface area (TPSA) is 89.7 Å². The first-order chi connectivity index (χ1) is 16.5. The number of nitrogens with zero attached hydrogens (tertiary/aromatic N) is 3. The summed E-state index contributed by atoms with van der Waals surface area (Å²) >= 11 is 6.14. The van der Waals surface area contributed by atoms with Gasteiger partial charge in [0.15, 0.2) is 0 Å². The van der Waals surface area contributed by atoms with Gasteiger partial charge in [-0.1, -0.05) is 41.0 Å². The third kappa shape index (κ3) is 5.08. The molecular formula is C25H27ClN4O4. The molecule has 0 saturated carbocycles. The van der Waals surface area contributed by atoms with Gasteiger partial charge in [-0.3, -0.25) is 4.90 Å². The molecule has 1 aliphatic heterocycles. The second-order valence-corrected chi connectivity index (χ2v) is 8.23. The summed E-state index contributed by atoms with van der Waals surface area (Å²) in [7, 11) is 1.61. The average Bonchev–Trinajstić information content (AvgIpc) is 3.33. The van der Waals surface area contributed by atoms with Crippen LogP contribution in [0.5, 0.6) is 5.75 Å². The Labute approximate surface area is 203 Å². The molecule has 0 spiro atoms. The maximum Gasteiger partial charge on any atom is 0.322 e. The lowest BCUT2D eigenvalue weighted by molar-refractivity contribution is 0.136. The third-order valence-electron chi connectivity index (χ3n) is 5.66. The van der Waals surface area contributed by atoms with Crippen molar-refractivity contribution in [3.05, 3.63) is 70.7 Å². The highest BCUT2D eigenvalue weighted by atomic mass is 35.5. The van der Waals surface area contributed by atoms with Gasteiger partial charge < -0.3 is 19.3 Å². The Balaban J connectivity index is 1.73. The number of hydrogen-bond acceptors (Lipinski definition) is 6. The van der Waals surface area contributed by atoms with Gasteiger partial charge in [0, 0.05) is 36.0 Å². The number of benzene rings is 2. The van der Waals surface area contributed by atoms with Crippen LogP contribution in [-0.2, 0) is 4.74 Å². The maximum atomic E-state index is 13.1. The van der Waals surface area contributed by atoms with Crippen LogP contribution in [0, 0.1) is 0 Å². The van der Waals surface area contributed by atoms with Crippen molar-refractivity contribution >= 4 is 23.2 Å². The Bertz CT molecular complexity index is 1180. The van der Waals surface area contributed by atoms with Crippen molar-refractivity contribution < 1.29 is 18.8 Å². The molecule has 0 fully saturated rings. The molecule has 9 heteroatoms. The molecule has 1 aliphatic rings. The SMILES string of the molecule is CCOCCCN1C(=O)NC(c2ccc(OC)cc2)C(c2nc(-c3cccc(Cl)c3)no2)=C1C. The zero-order valence-electron chi connectivity index (χ0n) is 19.4. The Morgan fingerprint density at radius 3 is 2.71 bits per heavy atom. The fourth-order valence-corrected chi connectivity index (χ4v) is 4.11. The summed E-state index contributed by atoms with van der Waals surface area (Å²) in [6.07, 6.45) is 0.705. The van der Waals surface area contributed by atoms with Crippen molar-refractivity contribution in [2.45, 2.75) is 26.3 Å². The molecule has 1 aromatic heterocycles. The molecule has 0 radical (unpaired) electrons. The minimum Gasteiger partial charge on any atom is -0.497 e. The first kappa shape index (κ1) is 23.8. The number of hydrogen-bond donors (Lipinski definition) is 1. The van der Waals surface area contributed by atoms with Crippen LogP contribution in [0.4, 0.5) is 4.79 Å². The highest BCUT2D eigenvalue weighted by Gasteiger charge is 2.35. The Morgan fingerprint density at radius 2 is 2.00 bits per heavy atom. The van der Waals surface area contributed by atoms with Crippen LogP contribution in [0.15, 0.2) is 58.8 Å². The first-order valence-electron chi connectivity index (χ1n) is 11.1. The minimum atomic E-state index is -0.464. The van der Waals surface area contributed by atoms with E-state index in [1.807, 2.05) is 50.2 Å². The number of aromatic nitrogens is 2. The standard InChI is InChI=1S/C25H27ClN4O4/c1-4-33-14-6-13-30-16(2)21(22(27-25(30)31)17-9-11-20(32-3)12-10-17)24-28-23(29-34-24)18-7-5-8-19(26)15-18/h5,7-12,15,22H,4,6,13-14H2,1-3H3,(H,27,31). The predicted octanol–water partition coefficient (Wildman–Crippen LogP) is 5.32. The largest absolute Gasteiger partial charge is 0.497 e. The average molecular weight is 483 g/mol. The van der Waals surface area contributed by atoms with E-state index in [1.54, 1.807) is 24.1 Å². The van der Waals surface area contributed by atoms with E-state index >= 15 is 0 Å². The van der Waals surface area contributed by atoms with Gasteiger partial charge in [-0.15, -0.1) is 0 Å². The molecule has 8 nitrogen and oxygen atoms in total. The number of rotatable bonds is 9. The lowest BCUT2D eigenvalue weighted by Crippen LogP contribution is -2.46. The normalized spacial score (nSPS) is 16.1.